The molecule has 5 aromatic carbocycles. The molecule has 200 valence electrons. The van der Waals surface area contributed by atoms with Crippen LogP contribution in [0.25, 0.3) is 0 Å². The lowest BCUT2D eigenvalue weighted by Crippen LogP contribution is -2.54. The van der Waals surface area contributed by atoms with Gasteiger partial charge in [-0.05, 0) is 47.5 Å². The van der Waals surface area contributed by atoms with E-state index in [0.29, 0.717) is 5.92 Å². The third kappa shape index (κ3) is 4.34. The molecule has 1 atom stereocenters. The molecule has 2 aliphatic rings. The van der Waals surface area contributed by atoms with Gasteiger partial charge < -0.3 is 0 Å². The molecule has 0 saturated carbocycles. The van der Waals surface area contributed by atoms with Crippen molar-refractivity contribution in [3.05, 3.63) is 167 Å². The summed E-state index contributed by atoms with van der Waals surface area (Å²) in [5.74, 6) is 0.469. The maximum absolute atomic E-state index is 5.49. The Balaban J connectivity index is 1.49. The van der Waals surface area contributed by atoms with Crippen molar-refractivity contribution < 1.29 is 0 Å². The van der Waals surface area contributed by atoms with E-state index in [9.17, 15) is 0 Å². The predicted octanol–water partition coefficient (Wildman–Crippen LogP) is 8.81. The first-order chi connectivity index (χ1) is 20.1. The second kappa shape index (κ2) is 10.4. The molecule has 4 nitrogen and oxygen atoms in total. The van der Waals surface area contributed by atoms with Crippen LogP contribution in [0, 0.1) is 0 Å². The maximum Gasteiger partial charge on any atom is 0.234 e. The highest BCUT2D eigenvalue weighted by atomic mass is 32.2. The highest BCUT2D eigenvalue weighted by Gasteiger charge is 2.55. The third-order valence-electron chi connectivity index (χ3n) is 7.61. The van der Waals surface area contributed by atoms with Gasteiger partial charge in [0.05, 0.1) is 17.1 Å². The van der Waals surface area contributed by atoms with Crippen LogP contribution in [-0.2, 0) is 4.99 Å². The summed E-state index contributed by atoms with van der Waals surface area (Å²) >= 11 is 1.73. The van der Waals surface area contributed by atoms with Crippen LogP contribution in [0.4, 0.5) is 11.4 Å². The SMILES string of the molecule is CC(C)c1ccc(C2=NN(c3ccccc3)C3(SC(c4ccccc4)=NN3c3ccccc3)c3ccccc32)cc1. The van der Waals surface area contributed by atoms with Crippen molar-refractivity contribution in [2.75, 3.05) is 10.0 Å². The average molecular weight is 551 g/mol. The van der Waals surface area contributed by atoms with Crippen LogP contribution in [0.15, 0.2) is 150 Å². The minimum absolute atomic E-state index is 0.469. The molecule has 7 rings (SSSR count). The van der Waals surface area contributed by atoms with Gasteiger partial charge in [-0.3, -0.25) is 0 Å². The summed E-state index contributed by atoms with van der Waals surface area (Å²) in [4.78, 5) is -0.786. The Kier molecular flexibility index (Phi) is 6.44. The standard InChI is InChI=1S/C36H30N4S/c1-26(2)27-22-24-28(25-23-27)34-32-20-12-13-21-33(32)36(39(37-34)30-16-8-4-9-17-30)40(31-18-10-5-11-19-31)38-35(41-36)29-14-6-3-7-15-29/h3-26H,1-2H3. The minimum Gasteiger partial charge on any atom is -0.223 e. The number of hydrazone groups is 2. The van der Waals surface area contributed by atoms with Crippen LogP contribution in [0.3, 0.4) is 0 Å². The first kappa shape index (κ1) is 25.4. The van der Waals surface area contributed by atoms with E-state index in [0.717, 1.165) is 44.4 Å². The van der Waals surface area contributed by atoms with Crippen LogP contribution < -0.4 is 10.0 Å². The monoisotopic (exact) mass is 550 g/mol. The van der Waals surface area contributed by atoms with Gasteiger partial charge in [0, 0.05) is 22.3 Å². The number of thioether (sulfide) groups is 1. The molecule has 0 N–H and O–H groups in total. The molecule has 5 aromatic rings. The fourth-order valence-corrected chi connectivity index (χ4v) is 6.91. The Morgan fingerprint density at radius 3 is 1.71 bits per heavy atom. The van der Waals surface area contributed by atoms with Crippen LogP contribution in [0.1, 0.15) is 47.6 Å². The smallest absolute Gasteiger partial charge is 0.223 e. The van der Waals surface area contributed by atoms with E-state index in [1.807, 2.05) is 18.2 Å². The van der Waals surface area contributed by atoms with Gasteiger partial charge in [0.2, 0.25) is 4.99 Å². The van der Waals surface area contributed by atoms with Crippen LogP contribution in [-0.4, -0.2) is 10.8 Å². The van der Waals surface area contributed by atoms with E-state index >= 15 is 0 Å². The normalized spacial score (nSPS) is 17.9. The number of rotatable bonds is 5. The summed E-state index contributed by atoms with van der Waals surface area (Å²) in [6.45, 7) is 4.45. The number of nitrogens with zero attached hydrogens (tertiary/aromatic N) is 4. The molecule has 0 radical (unpaired) electrons. The molecule has 0 saturated heterocycles. The van der Waals surface area contributed by atoms with Crippen molar-refractivity contribution in [2.24, 2.45) is 10.2 Å². The lowest BCUT2D eigenvalue weighted by Gasteiger charge is -2.47. The number of hydrogen-bond acceptors (Lipinski definition) is 5. The highest BCUT2D eigenvalue weighted by Crippen LogP contribution is 2.55. The number of benzene rings is 5. The Bertz CT molecular complexity index is 1730. The van der Waals surface area contributed by atoms with Gasteiger partial charge in [0.1, 0.15) is 5.04 Å². The first-order valence-electron chi connectivity index (χ1n) is 14.0. The molecular formula is C36H30N4S. The van der Waals surface area contributed by atoms with E-state index in [2.05, 4.69) is 145 Å². The first-order valence-corrected chi connectivity index (χ1v) is 14.8. The van der Waals surface area contributed by atoms with Gasteiger partial charge in [-0.1, -0.05) is 129 Å². The zero-order valence-electron chi connectivity index (χ0n) is 23.1. The van der Waals surface area contributed by atoms with E-state index in [-0.39, 0.29) is 0 Å². The second-order valence-electron chi connectivity index (χ2n) is 10.5. The summed E-state index contributed by atoms with van der Waals surface area (Å²) in [6.07, 6.45) is 0. The Morgan fingerprint density at radius 2 is 1.10 bits per heavy atom. The van der Waals surface area contributed by atoms with E-state index in [4.69, 9.17) is 10.2 Å². The van der Waals surface area contributed by atoms with Crippen molar-refractivity contribution in [3.8, 4) is 0 Å². The molecule has 0 amide bonds. The molecule has 5 heteroatoms. The summed E-state index contributed by atoms with van der Waals surface area (Å²) < 4.78 is 0. The molecule has 41 heavy (non-hydrogen) atoms. The predicted molar refractivity (Wildman–Crippen MR) is 173 cm³/mol. The van der Waals surface area contributed by atoms with Crippen LogP contribution in [0.5, 0.6) is 0 Å². The summed E-state index contributed by atoms with van der Waals surface area (Å²) in [5, 5.41) is 16.1. The van der Waals surface area contributed by atoms with Gasteiger partial charge >= 0.3 is 0 Å². The molecular weight excluding hydrogens is 520 g/mol. The van der Waals surface area contributed by atoms with Crippen molar-refractivity contribution in [1.82, 2.24) is 0 Å². The van der Waals surface area contributed by atoms with Gasteiger partial charge in [-0.15, -0.1) is 0 Å². The van der Waals surface area contributed by atoms with Gasteiger partial charge in [-0.25, -0.2) is 10.0 Å². The molecule has 2 aliphatic heterocycles. The summed E-state index contributed by atoms with van der Waals surface area (Å²) in [6, 6.07) is 48.8. The highest BCUT2D eigenvalue weighted by molar-refractivity contribution is 8.15. The van der Waals surface area contributed by atoms with Crippen molar-refractivity contribution in [3.63, 3.8) is 0 Å². The number of hydrogen-bond donors (Lipinski definition) is 0. The molecule has 0 bridgehead atoms. The quantitative estimate of drug-likeness (QED) is 0.219. The fourth-order valence-electron chi connectivity index (χ4n) is 5.51. The van der Waals surface area contributed by atoms with E-state index in [1.54, 1.807) is 11.8 Å². The van der Waals surface area contributed by atoms with Crippen LogP contribution >= 0.6 is 11.8 Å². The van der Waals surface area contributed by atoms with Gasteiger partial charge in [-0.2, -0.15) is 10.2 Å². The van der Waals surface area contributed by atoms with Crippen molar-refractivity contribution in [1.29, 1.82) is 0 Å². The lowest BCUT2D eigenvalue weighted by atomic mass is 9.92. The molecule has 1 spiro atoms. The molecule has 0 aromatic heterocycles. The Labute approximate surface area is 245 Å². The van der Waals surface area contributed by atoms with E-state index < -0.39 is 4.99 Å². The number of anilines is 2. The zero-order valence-corrected chi connectivity index (χ0v) is 23.9. The lowest BCUT2D eigenvalue weighted by molar-refractivity contribution is 0.550. The number of para-hydroxylation sites is 2. The minimum atomic E-state index is -0.786. The molecule has 1 unspecified atom stereocenters. The summed E-state index contributed by atoms with van der Waals surface area (Å²) in [5.41, 5.74) is 8.69. The molecule has 0 aliphatic carbocycles. The number of fused-ring (bicyclic) bond motifs is 2. The van der Waals surface area contributed by atoms with Gasteiger partial charge in [0.15, 0.2) is 0 Å². The topological polar surface area (TPSA) is 31.2 Å². The maximum atomic E-state index is 5.49. The van der Waals surface area contributed by atoms with Crippen molar-refractivity contribution in [2.45, 2.75) is 24.8 Å². The van der Waals surface area contributed by atoms with Gasteiger partial charge in [0.25, 0.3) is 0 Å². The molecule has 0 fully saturated rings. The zero-order chi connectivity index (χ0) is 27.8. The second-order valence-corrected chi connectivity index (χ2v) is 11.7. The van der Waals surface area contributed by atoms with Crippen LogP contribution in [0.2, 0.25) is 0 Å². The Hall–Kier alpha value is -4.61. The van der Waals surface area contributed by atoms with E-state index in [1.165, 1.54) is 5.56 Å². The van der Waals surface area contributed by atoms with Crippen molar-refractivity contribution >= 4 is 33.9 Å². The Morgan fingerprint density at radius 1 is 0.561 bits per heavy atom. The molecule has 2 heterocycles. The largest absolute Gasteiger partial charge is 0.234 e. The fraction of sp³-hybridized carbons (Fsp3) is 0.111. The average Bonchev–Trinajstić information content (AvgIpc) is 3.44. The third-order valence-corrected chi connectivity index (χ3v) is 8.97. The summed E-state index contributed by atoms with van der Waals surface area (Å²) in [7, 11) is 0.